The predicted molar refractivity (Wildman–Crippen MR) is 204 cm³/mol. The Morgan fingerprint density at radius 2 is 1.00 bits per heavy atom. The van der Waals surface area contributed by atoms with Gasteiger partial charge in [0.1, 0.15) is 5.84 Å². The lowest BCUT2D eigenvalue weighted by Gasteiger charge is -2.34. The number of aliphatic imine (C=N–C) groups is 1. The minimum atomic E-state index is -0.390. The van der Waals surface area contributed by atoms with Crippen LogP contribution < -0.4 is 11.5 Å². The van der Waals surface area contributed by atoms with E-state index < -0.39 is 0 Å². The second kappa shape index (κ2) is 14.4. The summed E-state index contributed by atoms with van der Waals surface area (Å²) in [5.74, 6) is 0.562. The van der Waals surface area contributed by atoms with Crippen LogP contribution in [0.2, 0.25) is 0 Å². The minimum Gasteiger partial charge on any atom is -0.383 e. The summed E-state index contributed by atoms with van der Waals surface area (Å²) in [5.41, 5.74) is 25.1. The third-order valence-electron chi connectivity index (χ3n) is 9.35. The number of fused-ring (bicyclic) bond motifs is 3. The molecule has 4 N–H and O–H groups in total. The Bertz CT molecular complexity index is 2130. The summed E-state index contributed by atoms with van der Waals surface area (Å²) in [6.07, 6.45) is 0. The van der Waals surface area contributed by atoms with E-state index in [1.807, 2.05) is 60.7 Å². The molecule has 0 aromatic heterocycles. The van der Waals surface area contributed by atoms with E-state index in [-0.39, 0.29) is 5.41 Å². The van der Waals surface area contributed by atoms with E-state index in [1.54, 1.807) is 0 Å². The van der Waals surface area contributed by atoms with Crippen LogP contribution in [0.4, 0.5) is 0 Å². The molecule has 1 aliphatic rings. The maximum absolute atomic E-state index is 6.31. The van der Waals surface area contributed by atoms with Crippen molar-refractivity contribution in [3.05, 3.63) is 227 Å². The Morgan fingerprint density at radius 1 is 0.490 bits per heavy atom. The van der Waals surface area contributed by atoms with Crippen LogP contribution in [-0.2, 0) is 18.5 Å². The molecule has 7 aromatic carbocycles. The molecule has 0 atom stereocenters. The molecule has 3 nitrogen and oxygen atoms in total. The first-order valence-electron chi connectivity index (χ1n) is 16.7. The van der Waals surface area contributed by atoms with Gasteiger partial charge in [0, 0.05) is 12.1 Å². The number of rotatable bonds is 7. The van der Waals surface area contributed by atoms with Gasteiger partial charge in [-0.3, -0.25) is 4.99 Å². The monoisotopic (exact) mass is 633 g/mol. The SMILES string of the molecule is NC(=NCc1ccc2c(c1)C(c1ccccc1)(c1ccccc1)c1ccccc1-2)c1ccccc1.NCc1ccccc1-c1ccccc1. The average Bonchev–Trinajstić information content (AvgIpc) is 3.49. The summed E-state index contributed by atoms with van der Waals surface area (Å²) in [5, 5.41) is 0. The molecule has 0 aliphatic heterocycles. The van der Waals surface area contributed by atoms with Crippen molar-refractivity contribution in [3.63, 3.8) is 0 Å². The zero-order valence-electron chi connectivity index (χ0n) is 27.4. The van der Waals surface area contributed by atoms with Crippen molar-refractivity contribution in [1.29, 1.82) is 0 Å². The van der Waals surface area contributed by atoms with Gasteiger partial charge in [0.2, 0.25) is 0 Å². The van der Waals surface area contributed by atoms with Gasteiger partial charge in [-0.05, 0) is 55.6 Å². The maximum atomic E-state index is 6.31. The fourth-order valence-electron chi connectivity index (χ4n) is 7.06. The van der Waals surface area contributed by atoms with Gasteiger partial charge < -0.3 is 11.5 Å². The zero-order valence-corrected chi connectivity index (χ0v) is 27.4. The first-order valence-corrected chi connectivity index (χ1v) is 16.7. The van der Waals surface area contributed by atoms with Gasteiger partial charge in [0.15, 0.2) is 0 Å². The van der Waals surface area contributed by atoms with Gasteiger partial charge in [0.05, 0.1) is 12.0 Å². The Kier molecular flexibility index (Phi) is 9.27. The van der Waals surface area contributed by atoms with Crippen LogP contribution in [0.5, 0.6) is 0 Å². The highest BCUT2D eigenvalue weighted by Gasteiger charge is 2.45. The summed E-state index contributed by atoms with van der Waals surface area (Å²) in [4.78, 5) is 4.73. The average molecular weight is 634 g/mol. The summed E-state index contributed by atoms with van der Waals surface area (Å²) in [7, 11) is 0. The van der Waals surface area contributed by atoms with Gasteiger partial charge in [0.25, 0.3) is 0 Å². The van der Waals surface area contributed by atoms with Crippen LogP contribution in [0.25, 0.3) is 22.3 Å². The Morgan fingerprint density at radius 3 is 1.63 bits per heavy atom. The molecule has 0 radical (unpaired) electrons. The molecule has 0 spiro atoms. The molecule has 0 heterocycles. The van der Waals surface area contributed by atoms with E-state index in [2.05, 4.69) is 127 Å². The van der Waals surface area contributed by atoms with Gasteiger partial charge in [-0.1, -0.05) is 188 Å². The van der Waals surface area contributed by atoms with Crippen molar-refractivity contribution in [2.45, 2.75) is 18.5 Å². The van der Waals surface area contributed by atoms with Crippen LogP contribution in [0, 0.1) is 0 Å². The van der Waals surface area contributed by atoms with Crippen LogP contribution >= 0.6 is 0 Å². The summed E-state index contributed by atoms with van der Waals surface area (Å²) >= 11 is 0. The van der Waals surface area contributed by atoms with Crippen LogP contribution in [0.1, 0.15) is 38.9 Å². The lowest BCUT2D eigenvalue weighted by atomic mass is 9.67. The Hall–Kier alpha value is -6.03. The van der Waals surface area contributed by atoms with Crippen LogP contribution in [-0.4, -0.2) is 5.84 Å². The molecular formula is C46H39N3. The minimum absolute atomic E-state index is 0.390. The summed E-state index contributed by atoms with van der Waals surface area (Å²) in [6.45, 7) is 1.12. The smallest absolute Gasteiger partial charge is 0.125 e. The van der Waals surface area contributed by atoms with Crippen molar-refractivity contribution >= 4 is 5.84 Å². The first-order chi connectivity index (χ1) is 24.2. The molecule has 0 fully saturated rings. The normalized spacial score (nSPS) is 12.7. The molecule has 238 valence electrons. The molecule has 0 saturated carbocycles. The highest BCUT2D eigenvalue weighted by molar-refractivity contribution is 5.97. The molecule has 49 heavy (non-hydrogen) atoms. The van der Waals surface area contributed by atoms with Gasteiger partial charge in [-0.25, -0.2) is 0 Å². The molecule has 0 amide bonds. The molecule has 3 heteroatoms. The van der Waals surface area contributed by atoms with E-state index in [0.717, 1.165) is 11.1 Å². The highest BCUT2D eigenvalue weighted by Crippen LogP contribution is 2.56. The summed E-state index contributed by atoms with van der Waals surface area (Å²) < 4.78 is 0. The third kappa shape index (κ3) is 6.20. The molecule has 0 saturated heterocycles. The third-order valence-corrected chi connectivity index (χ3v) is 9.35. The number of nitrogens with two attached hydrogens (primary N) is 2. The number of nitrogens with zero attached hydrogens (tertiary/aromatic N) is 1. The van der Waals surface area contributed by atoms with E-state index in [9.17, 15) is 0 Å². The van der Waals surface area contributed by atoms with Crippen LogP contribution in [0.15, 0.2) is 193 Å². The largest absolute Gasteiger partial charge is 0.383 e. The topological polar surface area (TPSA) is 64.4 Å². The van der Waals surface area contributed by atoms with Crippen molar-refractivity contribution in [1.82, 2.24) is 0 Å². The zero-order chi connectivity index (χ0) is 33.5. The van der Waals surface area contributed by atoms with Gasteiger partial charge >= 0.3 is 0 Å². The molecule has 7 aromatic rings. The van der Waals surface area contributed by atoms with Gasteiger partial charge in [-0.15, -0.1) is 0 Å². The fraction of sp³-hybridized carbons (Fsp3) is 0.0652. The van der Waals surface area contributed by atoms with E-state index in [0.29, 0.717) is 18.9 Å². The van der Waals surface area contributed by atoms with Gasteiger partial charge in [-0.2, -0.15) is 0 Å². The molecule has 1 aliphatic carbocycles. The standard InChI is InChI=1S/C33H26N2.C13H13N/c34-32(25-12-4-1-5-13-25)35-23-24-20-21-29-28-18-10-11-19-30(28)33(31(29)22-24,26-14-6-2-7-15-26)27-16-8-3-9-17-27;14-10-12-8-4-5-9-13(12)11-6-2-1-3-7-11/h1-22H,23H2,(H2,34,35);1-9H,10,14H2. The lowest BCUT2D eigenvalue weighted by molar-refractivity contribution is 0.766. The molecular weight excluding hydrogens is 595 g/mol. The number of benzene rings is 7. The quantitative estimate of drug-likeness (QED) is 0.136. The second-order valence-corrected chi connectivity index (χ2v) is 12.2. The van der Waals surface area contributed by atoms with Crippen molar-refractivity contribution in [2.75, 3.05) is 0 Å². The fourth-order valence-corrected chi connectivity index (χ4v) is 7.06. The highest BCUT2D eigenvalue weighted by atomic mass is 14.8. The van der Waals surface area contributed by atoms with E-state index in [4.69, 9.17) is 16.5 Å². The van der Waals surface area contributed by atoms with Crippen molar-refractivity contribution in [3.8, 4) is 22.3 Å². The summed E-state index contributed by atoms with van der Waals surface area (Å²) in [6, 6.07) is 65.8. The maximum Gasteiger partial charge on any atom is 0.125 e. The predicted octanol–water partition coefficient (Wildman–Crippen LogP) is 9.77. The molecule has 0 unspecified atom stereocenters. The van der Waals surface area contributed by atoms with Crippen LogP contribution in [0.3, 0.4) is 0 Å². The number of hydrogen-bond acceptors (Lipinski definition) is 2. The van der Waals surface area contributed by atoms with Crippen molar-refractivity contribution < 1.29 is 0 Å². The Labute approximate surface area is 289 Å². The lowest BCUT2D eigenvalue weighted by Crippen LogP contribution is -2.28. The number of hydrogen-bond donors (Lipinski definition) is 2. The number of amidine groups is 1. The molecule has 8 rings (SSSR count). The first kappa shape index (κ1) is 31.6. The second-order valence-electron chi connectivity index (χ2n) is 12.2. The van der Waals surface area contributed by atoms with Crippen molar-refractivity contribution in [2.24, 2.45) is 16.5 Å². The molecule has 0 bridgehead atoms. The Balaban J connectivity index is 0.000000226. The van der Waals surface area contributed by atoms with E-state index >= 15 is 0 Å². The van der Waals surface area contributed by atoms with E-state index in [1.165, 1.54) is 50.1 Å².